The fraction of sp³-hybridized carbons (Fsp3) is 0.529. The van der Waals surface area contributed by atoms with Crippen LogP contribution in [0.5, 0.6) is 0 Å². The van der Waals surface area contributed by atoms with Crippen LogP contribution < -0.4 is 11.1 Å². The Morgan fingerprint density at radius 2 is 2.00 bits per heavy atom. The summed E-state index contributed by atoms with van der Waals surface area (Å²) in [6, 6.07) is 5.42. The van der Waals surface area contributed by atoms with E-state index >= 15 is 0 Å². The SMILES string of the molecule is CC1(C)CN(C(=O)CCNC(=O)c2ccc([N+](=O)[O-])cc2)CCC1N. The highest BCUT2D eigenvalue weighted by molar-refractivity contribution is 5.94. The third-order valence-electron chi connectivity index (χ3n) is 4.63. The molecule has 1 fully saturated rings. The van der Waals surface area contributed by atoms with Gasteiger partial charge in [-0.3, -0.25) is 19.7 Å². The number of nitrogens with zero attached hydrogens (tertiary/aromatic N) is 2. The van der Waals surface area contributed by atoms with Gasteiger partial charge in [0, 0.05) is 49.8 Å². The Balaban J connectivity index is 1.81. The molecule has 8 nitrogen and oxygen atoms in total. The van der Waals surface area contributed by atoms with Gasteiger partial charge in [-0.05, 0) is 24.0 Å². The van der Waals surface area contributed by atoms with E-state index < -0.39 is 4.92 Å². The molecule has 0 bridgehead atoms. The average Bonchev–Trinajstić information content (AvgIpc) is 2.57. The first-order valence-corrected chi connectivity index (χ1v) is 8.27. The Labute approximate surface area is 146 Å². The van der Waals surface area contributed by atoms with E-state index in [1.807, 2.05) is 13.8 Å². The standard InChI is InChI=1S/C17H24N4O4/c1-17(2)11-20(10-8-14(17)18)15(22)7-9-19-16(23)12-3-5-13(6-4-12)21(24)25/h3-6,14H,7-11,18H2,1-2H3,(H,19,23). The van der Waals surface area contributed by atoms with E-state index in [9.17, 15) is 19.7 Å². The number of rotatable bonds is 5. The number of non-ortho nitro benzene ring substituents is 1. The number of nitrogens with one attached hydrogen (secondary N) is 1. The predicted molar refractivity (Wildman–Crippen MR) is 93.0 cm³/mol. The largest absolute Gasteiger partial charge is 0.352 e. The molecular weight excluding hydrogens is 324 g/mol. The molecule has 2 amide bonds. The number of hydrogen-bond acceptors (Lipinski definition) is 5. The highest BCUT2D eigenvalue weighted by Gasteiger charge is 2.35. The van der Waals surface area contributed by atoms with Crippen molar-refractivity contribution < 1.29 is 14.5 Å². The van der Waals surface area contributed by atoms with Crippen molar-refractivity contribution in [1.29, 1.82) is 0 Å². The van der Waals surface area contributed by atoms with E-state index in [1.54, 1.807) is 4.90 Å². The van der Waals surface area contributed by atoms with Crippen LogP contribution >= 0.6 is 0 Å². The molecule has 1 saturated heterocycles. The number of hydrogen-bond donors (Lipinski definition) is 2. The summed E-state index contributed by atoms with van der Waals surface area (Å²) in [6.07, 6.45) is 0.984. The molecular formula is C17H24N4O4. The zero-order valence-corrected chi connectivity index (χ0v) is 14.5. The Hall–Kier alpha value is -2.48. The number of nitro benzene ring substituents is 1. The van der Waals surface area contributed by atoms with Crippen molar-refractivity contribution >= 4 is 17.5 Å². The van der Waals surface area contributed by atoms with Gasteiger partial charge in [-0.2, -0.15) is 0 Å². The summed E-state index contributed by atoms with van der Waals surface area (Å²) in [4.78, 5) is 36.2. The van der Waals surface area contributed by atoms with Gasteiger partial charge in [0.1, 0.15) is 0 Å². The second-order valence-corrected chi connectivity index (χ2v) is 7.01. The van der Waals surface area contributed by atoms with Crippen LogP contribution in [0, 0.1) is 15.5 Å². The number of benzene rings is 1. The molecule has 1 heterocycles. The van der Waals surface area contributed by atoms with E-state index in [0.29, 0.717) is 18.7 Å². The Morgan fingerprint density at radius 3 is 2.56 bits per heavy atom. The highest BCUT2D eigenvalue weighted by atomic mass is 16.6. The molecule has 0 spiro atoms. The molecule has 136 valence electrons. The molecule has 2 rings (SSSR count). The molecule has 3 N–H and O–H groups in total. The minimum absolute atomic E-state index is 0.0102. The average molecular weight is 348 g/mol. The second kappa shape index (κ2) is 7.60. The van der Waals surface area contributed by atoms with E-state index in [0.717, 1.165) is 6.42 Å². The van der Waals surface area contributed by atoms with Crippen LogP contribution in [0.15, 0.2) is 24.3 Å². The van der Waals surface area contributed by atoms with Gasteiger partial charge in [-0.15, -0.1) is 0 Å². The van der Waals surface area contributed by atoms with Crippen LogP contribution in [0.4, 0.5) is 5.69 Å². The first kappa shape index (κ1) is 18.9. The number of carbonyl (C=O) groups excluding carboxylic acids is 2. The smallest absolute Gasteiger partial charge is 0.269 e. The van der Waals surface area contributed by atoms with Crippen molar-refractivity contribution in [2.75, 3.05) is 19.6 Å². The van der Waals surface area contributed by atoms with Gasteiger partial charge in [0.15, 0.2) is 0 Å². The maximum atomic E-state index is 12.3. The van der Waals surface area contributed by atoms with Gasteiger partial charge in [-0.1, -0.05) is 13.8 Å². The first-order chi connectivity index (χ1) is 11.7. The van der Waals surface area contributed by atoms with Gasteiger partial charge in [-0.25, -0.2) is 0 Å². The molecule has 0 aromatic heterocycles. The van der Waals surface area contributed by atoms with Crippen LogP contribution in [0.2, 0.25) is 0 Å². The summed E-state index contributed by atoms with van der Waals surface area (Å²) in [5.74, 6) is -0.368. The lowest BCUT2D eigenvalue weighted by atomic mass is 9.79. The van der Waals surface area contributed by atoms with E-state index in [1.165, 1.54) is 24.3 Å². The summed E-state index contributed by atoms with van der Waals surface area (Å²) in [6.45, 7) is 5.57. The third-order valence-corrected chi connectivity index (χ3v) is 4.63. The molecule has 0 saturated carbocycles. The number of piperidine rings is 1. The fourth-order valence-electron chi connectivity index (χ4n) is 2.86. The van der Waals surface area contributed by atoms with Crippen LogP contribution in [0.3, 0.4) is 0 Å². The maximum Gasteiger partial charge on any atom is 0.269 e. The summed E-state index contributed by atoms with van der Waals surface area (Å²) in [5.41, 5.74) is 6.21. The topological polar surface area (TPSA) is 119 Å². The molecule has 0 radical (unpaired) electrons. The number of carbonyl (C=O) groups is 2. The molecule has 1 aliphatic heterocycles. The predicted octanol–water partition coefficient (Wildman–Crippen LogP) is 1.30. The Bertz CT molecular complexity index is 657. The van der Waals surface area contributed by atoms with Gasteiger partial charge in [0.2, 0.25) is 5.91 Å². The lowest BCUT2D eigenvalue weighted by Gasteiger charge is -2.42. The molecule has 1 aromatic carbocycles. The van der Waals surface area contributed by atoms with Crippen molar-refractivity contribution in [3.05, 3.63) is 39.9 Å². The molecule has 25 heavy (non-hydrogen) atoms. The lowest BCUT2D eigenvalue weighted by molar-refractivity contribution is -0.384. The van der Waals surface area contributed by atoms with Crippen LogP contribution in [-0.4, -0.2) is 47.3 Å². The van der Waals surface area contributed by atoms with E-state index in [-0.39, 0.29) is 41.9 Å². The van der Waals surface area contributed by atoms with E-state index in [4.69, 9.17) is 5.73 Å². The van der Waals surface area contributed by atoms with Gasteiger partial charge in [0.05, 0.1) is 4.92 Å². The zero-order chi connectivity index (χ0) is 18.6. The maximum absolute atomic E-state index is 12.3. The number of nitro groups is 1. The zero-order valence-electron chi connectivity index (χ0n) is 14.5. The summed E-state index contributed by atoms with van der Waals surface area (Å²) >= 11 is 0. The highest BCUT2D eigenvalue weighted by Crippen LogP contribution is 2.27. The van der Waals surface area contributed by atoms with Crippen molar-refractivity contribution in [3.8, 4) is 0 Å². The second-order valence-electron chi connectivity index (χ2n) is 7.01. The molecule has 8 heteroatoms. The van der Waals surface area contributed by atoms with Crippen molar-refractivity contribution in [2.24, 2.45) is 11.1 Å². The molecule has 1 unspecified atom stereocenters. The normalized spacial score (nSPS) is 19.3. The number of likely N-dealkylation sites (tertiary alicyclic amines) is 1. The third kappa shape index (κ3) is 4.76. The van der Waals surface area contributed by atoms with Crippen molar-refractivity contribution in [3.63, 3.8) is 0 Å². The quantitative estimate of drug-likeness (QED) is 0.614. The minimum Gasteiger partial charge on any atom is -0.352 e. The lowest BCUT2D eigenvalue weighted by Crippen LogP contribution is -2.54. The molecule has 1 atom stereocenters. The summed E-state index contributed by atoms with van der Waals surface area (Å²) < 4.78 is 0. The van der Waals surface area contributed by atoms with E-state index in [2.05, 4.69) is 5.32 Å². The monoisotopic (exact) mass is 348 g/mol. The van der Waals surface area contributed by atoms with Crippen LogP contribution in [0.25, 0.3) is 0 Å². The fourth-order valence-corrected chi connectivity index (χ4v) is 2.86. The van der Waals surface area contributed by atoms with Gasteiger partial charge < -0.3 is 16.0 Å². The summed E-state index contributed by atoms with van der Waals surface area (Å²) in [5, 5.41) is 13.3. The first-order valence-electron chi connectivity index (χ1n) is 8.27. The van der Waals surface area contributed by atoms with Crippen LogP contribution in [-0.2, 0) is 4.79 Å². The summed E-state index contributed by atoms with van der Waals surface area (Å²) in [7, 11) is 0. The molecule has 1 aromatic rings. The van der Waals surface area contributed by atoms with Gasteiger partial charge in [0.25, 0.3) is 11.6 Å². The Kier molecular flexibility index (Phi) is 5.73. The minimum atomic E-state index is -0.521. The van der Waals surface area contributed by atoms with Gasteiger partial charge >= 0.3 is 0 Å². The molecule has 0 aliphatic carbocycles. The number of nitrogens with two attached hydrogens (primary N) is 1. The van der Waals surface area contributed by atoms with Crippen molar-refractivity contribution in [1.82, 2.24) is 10.2 Å². The van der Waals surface area contributed by atoms with Crippen molar-refractivity contribution in [2.45, 2.75) is 32.7 Å². The van der Waals surface area contributed by atoms with Crippen LogP contribution in [0.1, 0.15) is 37.0 Å². The number of amides is 2. The molecule has 1 aliphatic rings. The Morgan fingerprint density at radius 1 is 1.36 bits per heavy atom.